The first-order chi connectivity index (χ1) is 14.3. The highest BCUT2D eigenvalue weighted by molar-refractivity contribution is 5.93. The highest BCUT2D eigenvalue weighted by Gasteiger charge is 2.64. The molecule has 3 aliphatic heterocycles. The first-order valence-corrected chi connectivity index (χ1v) is 10.0. The molecule has 0 saturated carbocycles. The lowest BCUT2D eigenvalue weighted by Gasteiger charge is -2.51. The van der Waals surface area contributed by atoms with Crippen LogP contribution in [0.2, 0.25) is 0 Å². The summed E-state index contributed by atoms with van der Waals surface area (Å²) in [5.41, 5.74) is -0.945. The lowest BCUT2D eigenvalue weighted by Crippen LogP contribution is -2.72. The first kappa shape index (κ1) is 22.6. The van der Waals surface area contributed by atoms with Gasteiger partial charge in [0.1, 0.15) is 17.2 Å². The Hall–Kier alpha value is -3.06. The van der Waals surface area contributed by atoms with Crippen molar-refractivity contribution in [2.75, 3.05) is 6.54 Å². The number of carbonyl (C=O) groups excluding carboxylic acids is 3. The summed E-state index contributed by atoms with van der Waals surface area (Å²) in [6, 6.07) is 0.797. The minimum atomic E-state index is -0.942. The number of hydrogen-bond donors (Lipinski definition) is 0. The first-order valence-electron chi connectivity index (χ1n) is 10.0. The Bertz CT molecular complexity index is 888. The molecule has 1 amide bonds. The molecule has 3 rings (SSSR count). The van der Waals surface area contributed by atoms with Crippen LogP contribution in [0.1, 0.15) is 48.0 Å². The van der Waals surface area contributed by atoms with Crippen molar-refractivity contribution in [3.63, 3.8) is 0 Å². The van der Waals surface area contributed by atoms with Crippen LogP contribution in [0.25, 0.3) is 0 Å². The molecule has 3 aliphatic rings. The summed E-state index contributed by atoms with van der Waals surface area (Å²) in [4.78, 5) is 43.9. The lowest BCUT2D eigenvalue weighted by atomic mass is 9.79. The molecule has 0 aromatic heterocycles. The van der Waals surface area contributed by atoms with Gasteiger partial charge in [-0.25, -0.2) is 9.59 Å². The van der Waals surface area contributed by atoms with Crippen molar-refractivity contribution in [2.45, 2.75) is 71.2 Å². The second-order valence-electron chi connectivity index (χ2n) is 9.52. The van der Waals surface area contributed by atoms with E-state index >= 15 is 0 Å². The highest BCUT2D eigenvalue weighted by Crippen LogP contribution is 2.49. The van der Waals surface area contributed by atoms with E-state index < -0.39 is 29.6 Å². The second kappa shape index (κ2) is 7.89. The zero-order chi connectivity index (χ0) is 23.1. The average Bonchev–Trinajstić information content (AvgIpc) is 2.86. The summed E-state index contributed by atoms with van der Waals surface area (Å²) in [6.45, 7) is 10.5. The fraction of sp³-hybridized carbons (Fsp3) is 0.619. The summed E-state index contributed by atoms with van der Waals surface area (Å²) in [5.74, 6) is -0.503. The highest BCUT2D eigenvalue weighted by atomic mass is 16.8. The number of carbonyl (C=O) groups is 3. The number of allylic oxidation sites excluding steroid dienone is 2. The molecule has 31 heavy (non-hydrogen) atoms. The number of piperidine rings is 1. The van der Waals surface area contributed by atoms with E-state index in [0.717, 1.165) is 0 Å². The summed E-state index contributed by atoms with van der Waals surface area (Å²) in [7, 11) is 0. The van der Waals surface area contributed by atoms with Crippen LogP contribution in [0.15, 0.2) is 23.6 Å². The van der Waals surface area contributed by atoms with E-state index in [2.05, 4.69) is 0 Å². The third-order valence-corrected chi connectivity index (χ3v) is 4.85. The second-order valence-corrected chi connectivity index (χ2v) is 9.52. The SMILES string of the molecule is CC(C)(C)OC(=O)OC1=C(/C=C\C#N)C2CCN(OC(=O)OC(C)(C)C)[C@@H]3C(=O)N1[C@H]23. The monoisotopic (exact) mass is 433 g/mol. The fourth-order valence-corrected chi connectivity index (χ4v) is 3.88. The molecule has 168 valence electrons. The zero-order valence-corrected chi connectivity index (χ0v) is 18.5. The third-order valence-electron chi connectivity index (χ3n) is 4.85. The van der Waals surface area contributed by atoms with Gasteiger partial charge in [-0.05, 0) is 54.0 Å². The molecule has 0 radical (unpaired) electrons. The largest absolute Gasteiger partial charge is 0.528 e. The number of nitrogens with zero attached hydrogens (tertiary/aromatic N) is 3. The van der Waals surface area contributed by atoms with Gasteiger partial charge in [0.15, 0.2) is 0 Å². The number of amides is 1. The Morgan fingerprint density at radius 2 is 1.71 bits per heavy atom. The Balaban J connectivity index is 1.81. The molecule has 2 fully saturated rings. The Morgan fingerprint density at radius 1 is 1.10 bits per heavy atom. The topological polar surface area (TPSA) is 118 Å². The van der Waals surface area contributed by atoms with Gasteiger partial charge in [0.25, 0.3) is 5.91 Å². The van der Waals surface area contributed by atoms with Gasteiger partial charge in [-0.3, -0.25) is 9.69 Å². The molecule has 0 bridgehead atoms. The Kier molecular flexibility index (Phi) is 5.76. The molecule has 3 atom stereocenters. The smallest absolute Gasteiger partial charge is 0.428 e. The lowest BCUT2D eigenvalue weighted by molar-refractivity contribution is -0.223. The molecule has 0 spiro atoms. The van der Waals surface area contributed by atoms with Crippen molar-refractivity contribution in [1.29, 1.82) is 5.26 Å². The van der Waals surface area contributed by atoms with Gasteiger partial charge in [-0.2, -0.15) is 5.26 Å². The van der Waals surface area contributed by atoms with Crippen molar-refractivity contribution in [2.24, 2.45) is 5.92 Å². The number of hydrogen-bond acceptors (Lipinski definition) is 9. The number of hydroxylamine groups is 2. The number of β-lactam (4-membered cyclic amide) rings is 1. The fourth-order valence-electron chi connectivity index (χ4n) is 3.88. The molecule has 2 saturated heterocycles. The van der Waals surface area contributed by atoms with Gasteiger partial charge in [0.2, 0.25) is 5.88 Å². The van der Waals surface area contributed by atoms with Crippen molar-refractivity contribution >= 4 is 18.2 Å². The minimum Gasteiger partial charge on any atom is -0.428 e. The molecule has 1 unspecified atom stereocenters. The van der Waals surface area contributed by atoms with Crippen LogP contribution in [0.3, 0.4) is 0 Å². The minimum absolute atomic E-state index is 0.0520. The Morgan fingerprint density at radius 3 is 2.29 bits per heavy atom. The number of ether oxygens (including phenoxy) is 3. The summed E-state index contributed by atoms with van der Waals surface area (Å²) in [6.07, 6.45) is 1.49. The third kappa shape index (κ3) is 4.66. The van der Waals surface area contributed by atoms with Gasteiger partial charge < -0.3 is 19.0 Å². The van der Waals surface area contributed by atoms with Crippen molar-refractivity contribution < 1.29 is 33.4 Å². The van der Waals surface area contributed by atoms with Crippen molar-refractivity contribution in [1.82, 2.24) is 9.96 Å². The standard InChI is InChI=1S/C21H27N3O7/c1-20(2,3)29-18(26)28-17-13(8-7-10-22)12-9-11-23(15-14(12)24(17)16(15)25)31-19(27)30-21(4,5)6/h7-8,12,14-15H,9,11H2,1-6H3/b8-7-/t12?,14-,15+/m1/s1. The van der Waals surface area contributed by atoms with Gasteiger partial charge in [0, 0.05) is 24.1 Å². The molecule has 10 heteroatoms. The molecule has 0 aromatic rings. The molecule has 0 aromatic carbocycles. The van der Waals surface area contributed by atoms with E-state index in [1.54, 1.807) is 41.5 Å². The van der Waals surface area contributed by atoms with E-state index in [0.29, 0.717) is 12.0 Å². The predicted octanol–water partition coefficient (Wildman–Crippen LogP) is 3.01. The van der Waals surface area contributed by atoms with E-state index in [-0.39, 0.29) is 30.3 Å². The quantitative estimate of drug-likeness (QED) is 0.376. The van der Waals surface area contributed by atoms with E-state index in [4.69, 9.17) is 24.3 Å². The number of rotatable bonds is 3. The van der Waals surface area contributed by atoms with Crippen LogP contribution in [-0.2, 0) is 23.8 Å². The zero-order valence-electron chi connectivity index (χ0n) is 18.5. The molecule has 0 N–H and O–H groups in total. The van der Waals surface area contributed by atoms with E-state index in [1.165, 1.54) is 22.1 Å². The molecular formula is C21H27N3O7. The molecule has 3 heterocycles. The summed E-state index contributed by atoms with van der Waals surface area (Å²) in [5, 5.41) is 10.3. The van der Waals surface area contributed by atoms with Gasteiger partial charge in [-0.15, -0.1) is 5.06 Å². The van der Waals surface area contributed by atoms with E-state index in [1.807, 2.05) is 6.07 Å². The normalized spacial score (nSPS) is 25.6. The van der Waals surface area contributed by atoms with Gasteiger partial charge in [0.05, 0.1) is 12.1 Å². The summed E-state index contributed by atoms with van der Waals surface area (Å²) >= 11 is 0. The Labute approximate surface area is 180 Å². The van der Waals surface area contributed by atoms with Crippen LogP contribution in [0.4, 0.5) is 9.59 Å². The van der Waals surface area contributed by atoms with Gasteiger partial charge >= 0.3 is 12.3 Å². The van der Waals surface area contributed by atoms with Crippen LogP contribution >= 0.6 is 0 Å². The average molecular weight is 433 g/mol. The number of nitriles is 1. The van der Waals surface area contributed by atoms with Gasteiger partial charge in [-0.1, -0.05) is 0 Å². The van der Waals surface area contributed by atoms with Crippen molar-refractivity contribution in [3.8, 4) is 6.07 Å². The molecule has 0 aliphatic carbocycles. The maximum atomic E-state index is 12.9. The van der Waals surface area contributed by atoms with Crippen molar-refractivity contribution in [3.05, 3.63) is 23.6 Å². The van der Waals surface area contributed by atoms with Crippen LogP contribution in [0, 0.1) is 17.2 Å². The molecule has 10 nitrogen and oxygen atoms in total. The summed E-state index contributed by atoms with van der Waals surface area (Å²) < 4.78 is 15.8. The van der Waals surface area contributed by atoms with Crippen LogP contribution < -0.4 is 0 Å². The molecular weight excluding hydrogens is 406 g/mol. The van der Waals surface area contributed by atoms with Crippen LogP contribution in [0.5, 0.6) is 0 Å². The van der Waals surface area contributed by atoms with E-state index in [9.17, 15) is 14.4 Å². The predicted molar refractivity (Wildman–Crippen MR) is 106 cm³/mol. The van der Waals surface area contributed by atoms with Crippen LogP contribution in [-0.4, -0.2) is 58.0 Å². The maximum absolute atomic E-state index is 12.9. The maximum Gasteiger partial charge on any atom is 0.528 e.